The van der Waals surface area contributed by atoms with E-state index in [1.807, 2.05) is 24.3 Å². The number of carbonyl (C=O) groups excluding carboxylic acids is 2. The van der Waals surface area contributed by atoms with Gasteiger partial charge in [0.2, 0.25) is 0 Å². The van der Waals surface area contributed by atoms with Crippen LogP contribution in [0.4, 0.5) is 0 Å². The molecule has 1 aliphatic rings. The number of esters is 2. The first-order chi connectivity index (χ1) is 15.9. The number of carbonyl (C=O) groups is 2. The minimum Gasteiger partial charge on any atom is -0.469 e. The van der Waals surface area contributed by atoms with E-state index in [0.29, 0.717) is 12.8 Å². The van der Waals surface area contributed by atoms with Crippen LogP contribution in [0.2, 0.25) is 0 Å². The third kappa shape index (κ3) is 8.78. The molecule has 0 heterocycles. The van der Waals surface area contributed by atoms with Crippen LogP contribution in [-0.2, 0) is 19.1 Å². The number of unbranched alkanes of at least 4 members (excludes halogenated alkanes) is 3. The Hall–Kier alpha value is -1.85. The van der Waals surface area contributed by atoms with Crippen LogP contribution in [0.15, 0.2) is 36.4 Å². The molecule has 5 atom stereocenters. The van der Waals surface area contributed by atoms with E-state index in [1.54, 1.807) is 0 Å². The molecule has 0 bridgehead atoms. The van der Waals surface area contributed by atoms with Gasteiger partial charge in [-0.05, 0) is 55.6 Å². The average molecular weight is 479 g/mol. The van der Waals surface area contributed by atoms with Crippen molar-refractivity contribution in [2.24, 2.45) is 5.92 Å². The third-order valence-electron chi connectivity index (χ3n) is 6.43. The number of benzene rings is 1. The van der Waals surface area contributed by atoms with Gasteiger partial charge in [0.1, 0.15) is 6.10 Å². The minimum atomic E-state index is -0.482. The lowest BCUT2D eigenvalue weighted by atomic mass is 9.84. The predicted octanol–water partition coefficient (Wildman–Crippen LogP) is 6.23. The van der Waals surface area contributed by atoms with E-state index in [0.717, 1.165) is 56.1 Å². The van der Waals surface area contributed by atoms with Crippen molar-refractivity contribution < 1.29 is 24.2 Å². The van der Waals surface area contributed by atoms with Crippen LogP contribution in [0.25, 0.3) is 0 Å². The summed E-state index contributed by atoms with van der Waals surface area (Å²) in [6.45, 7) is 3.60. The summed E-state index contributed by atoms with van der Waals surface area (Å²) in [4.78, 5) is 22.8. The number of aliphatic hydroxyl groups is 1. The van der Waals surface area contributed by atoms with Crippen LogP contribution in [0.1, 0.15) is 94.8 Å². The Morgan fingerprint density at radius 3 is 2.55 bits per heavy atom. The van der Waals surface area contributed by atoms with Crippen molar-refractivity contribution in [1.29, 1.82) is 0 Å². The van der Waals surface area contributed by atoms with E-state index in [4.69, 9.17) is 16.3 Å². The second-order valence-electron chi connectivity index (χ2n) is 8.94. The first-order valence-electron chi connectivity index (χ1n) is 12.2. The number of rotatable bonds is 13. The molecule has 1 N–H and O–H groups in total. The lowest BCUT2D eigenvalue weighted by Gasteiger charge is -2.24. The molecule has 1 fully saturated rings. The molecule has 5 nitrogen and oxygen atoms in total. The fourth-order valence-corrected chi connectivity index (χ4v) is 5.11. The number of hydrogen-bond acceptors (Lipinski definition) is 5. The zero-order valence-corrected chi connectivity index (χ0v) is 20.9. The van der Waals surface area contributed by atoms with Gasteiger partial charge < -0.3 is 14.6 Å². The molecular weight excluding hydrogens is 440 g/mol. The molecule has 1 aliphatic carbocycles. The van der Waals surface area contributed by atoms with Gasteiger partial charge in [0.05, 0.1) is 13.2 Å². The van der Waals surface area contributed by atoms with Gasteiger partial charge in [-0.2, -0.15) is 0 Å². The highest BCUT2D eigenvalue weighted by Gasteiger charge is 2.41. The molecular formula is C27H39ClO5. The highest BCUT2D eigenvalue weighted by atomic mass is 35.5. The first kappa shape index (κ1) is 27.4. The number of allylic oxidation sites excluding steroid dienone is 2. The number of methoxy groups -OCH3 is 1. The molecule has 6 heteroatoms. The van der Waals surface area contributed by atoms with Crippen LogP contribution in [-0.4, -0.2) is 35.6 Å². The molecule has 0 saturated heterocycles. The maximum atomic E-state index is 11.6. The van der Waals surface area contributed by atoms with Gasteiger partial charge in [0, 0.05) is 24.6 Å². The Morgan fingerprint density at radius 1 is 1.18 bits per heavy atom. The monoisotopic (exact) mass is 478 g/mol. The topological polar surface area (TPSA) is 72.8 Å². The number of aliphatic hydroxyl groups excluding tert-OH is 1. The molecule has 184 valence electrons. The largest absolute Gasteiger partial charge is 0.469 e. The summed E-state index contributed by atoms with van der Waals surface area (Å²) in [5, 5.41) is 10.6. The molecule has 0 spiro atoms. The van der Waals surface area contributed by atoms with Gasteiger partial charge in [-0.25, -0.2) is 0 Å². The van der Waals surface area contributed by atoms with E-state index >= 15 is 0 Å². The molecule has 2 rings (SSSR count). The maximum absolute atomic E-state index is 11.6. The SMILES string of the molecule is CCCCCC(OC(C)=O)c1ccc([C@@H]2C(C/C=C\CCCC(=O)OC)[C@H](Cl)C[C@H]2O)cc1. The van der Waals surface area contributed by atoms with Crippen molar-refractivity contribution in [3.05, 3.63) is 47.5 Å². The Kier molecular flexibility index (Phi) is 12.0. The summed E-state index contributed by atoms with van der Waals surface area (Å²) in [5.41, 5.74) is 2.05. The van der Waals surface area contributed by atoms with E-state index in [-0.39, 0.29) is 35.3 Å². The van der Waals surface area contributed by atoms with Crippen molar-refractivity contribution in [1.82, 2.24) is 0 Å². The van der Waals surface area contributed by atoms with Gasteiger partial charge in [-0.3, -0.25) is 9.59 Å². The normalized spacial score (nSPS) is 23.5. The molecule has 1 aromatic carbocycles. The molecule has 2 unspecified atom stereocenters. The standard InChI is InChI=1S/C27H39ClO5/c1-4-5-8-12-25(33-19(2)29)20-14-16-21(17-15-20)27-22(23(28)18-24(27)30)11-9-6-7-10-13-26(31)32-3/h6,9,14-17,22-25,27,30H,4-5,7-8,10-13,18H2,1-3H3/b9-6-/t22?,23-,24-,25?,27-/m1/s1. The van der Waals surface area contributed by atoms with Crippen molar-refractivity contribution in [3.8, 4) is 0 Å². The van der Waals surface area contributed by atoms with Gasteiger partial charge >= 0.3 is 11.9 Å². The fraction of sp³-hybridized carbons (Fsp3) is 0.630. The Balaban J connectivity index is 2.03. The van der Waals surface area contributed by atoms with Crippen LogP contribution in [0.5, 0.6) is 0 Å². The van der Waals surface area contributed by atoms with E-state index in [2.05, 4.69) is 23.8 Å². The van der Waals surface area contributed by atoms with Crippen LogP contribution in [0, 0.1) is 5.92 Å². The Labute approximate surface area is 203 Å². The second kappa shape index (κ2) is 14.4. The molecule has 0 radical (unpaired) electrons. The van der Waals surface area contributed by atoms with E-state index in [9.17, 15) is 14.7 Å². The number of ether oxygens (including phenoxy) is 2. The summed E-state index contributed by atoms with van der Waals surface area (Å²) >= 11 is 6.62. The molecule has 1 saturated carbocycles. The Morgan fingerprint density at radius 2 is 1.91 bits per heavy atom. The summed E-state index contributed by atoms with van der Waals surface area (Å²) in [7, 11) is 1.40. The van der Waals surface area contributed by atoms with E-state index < -0.39 is 6.10 Å². The van der Waals surface area contributed by atoms with Crippen molar-refractivity contribution >= 4 is 23.5 Å². The van der Waals surface area contributed by atoms with Crippen LogP contribution < -0.4 is 0 Å². The number of alkyl halides is 1. The summed E-state index contributed by atoms with van der Waals surface area (Å²) in [5.74, 6) is -0.352. The lowest BCUT2D eigenvalue weighted by molar-refractivity contribution is -0.147. The van der Waals surface area contributed by atoms with Gasteiger partial charge in [-0.15, -0.1) is 11.6 Å². The third-order valence-corrected chi connectivity index (χ3v) is 6.93. The summed E-state index contributed by atoms with van der Waals surface area (Å²) in [6.07, 6.45) is 10.9. The molecule has 1 aromatic rings. The van der Waals surface area contributed by atoms with Crippen molar-refractivity contribution in [3.63, 3.8) is 0 Å². The van der Waals surface area contributed by atoms with Crippen LogP contribution in [0.3, 0.4) is 0 Å². The van der Waals surface area contributed by atoms with Gasteiger partial charge in [0.25, 0.3) is 0 Å². The van der Waals surface area contributed by atoms with E-state index in [1.165, 1.54) is 14.0 Å². The highest BCUT2D eigenvalue weighted by Crippen LogP contribution is 2.45. The maximum Gasteiger partial charge on any atom is 0.305 e. The molecule has 33 heavy (non-hydrogen) atoms. The fourth-order valence-electron chi connectivity index (χ4n) is 4.67. The minimum absolute atomic E-state index is 0.0338. The van der Waals surface area contributed by atoms with Crippen molar-refractivity contribution in [2.75, 3.05) is 7.11 Å². The average Bonchev–Trinajstić information content (AvgIpc) is 3.07. The lowest BCUT2D eigenvalue weighted by Crippen LogP contribution is -2.18. The van der Waals surface area contributed by atoms with Gasteiger partial charge in [-0.1, -0.05) is 56.2 Å². The first-order valence-corrected chi connectivity index (χ1v) is 12.6. The van der Waals surface area contributed by atoms with Gasteiger partial charge in [0.15, 0.2) is 0 Å². The predicted molar refractivity (Wildman–Crippen MR) is 131 cm³/mol. The second-order valence-corrected chi connectivity index (χ2v) is 9.51. The van der Waals surface area contributed by atoms with Crippen LogP contribution >= 0.6 is 11.6 Å². The Bertz CT molecular complexity index is 760. The molecule has 0 aromatic heterocycles. The molecule has 0 amide bonds. The summed E-state index contributed by atoms with van der Waals surface area (Å²) < 4.78 is 10.2. The number of hydrogen-bond donors (Lipinski definition) is 1. The highest BCUT2D eigenvalue weighted by molar-refractivity contribution is 6.21. The smallest absolute Gasteiger partial charge is 0.305 e. The quantitative estimate of drug-likeness (QED) is 0.157. The van der Waals surface area contributed by atoms with Crippen molar-refractivity contribution in [2.45, 2.75) is 95.1 Å². The zero-order valence-electron chi connectivity index (χ0n) is 20.2. The molecule has 0 aliphatic heterocycles. The summed E-state index contributed by atoms with van der Waals surface area (Å²) in [6, 6.07) is 8.12. The zero-order chi connectivity index (χ0) is 24.2. The number of halogens is 1.